The molecule has 2 heterocycles. The van der Waals surface area contributed by atoms with Crippen molar-refractivity contribution in [2.45, 2.75) is 26.7 Å². The zero-order valence-corrected chi connectivity index (χ0v) is 12.7. The number of benzene rings is 1. The van der Waals surface area contributed by atoms with E-state index in [1.165, 1.54) is 0 Å². The van der Waals surface area contributed by atoms with E-state index in [0.717, 1.165) is 24.1 Å². The molecule has 2 unspecified atom stereocenters. The van der Waals surface area contributed by atoms with Gasteiger partial charge < -0.3 is 9.80 Å². The third kappa shape index (κ3) is 2.67. The second-order valence-corrected chi connectivity index (χ2v) is 6.49. The second-order valence-electron chi connectivity index (χ2n) is 6.49. The zero-order chi connectivity index (χ0) is 15.0. The third-order valence-corrected chi connectivity index (χ3v) is 4.47. The molecule has 1 aromatic carbocycles. The molecule has 2 atom stereocenters. The predicted octanol–water partition coefficient (Wildman–Crippen LogP) is 2.08. The maximum atomic E-state index is 12.6. The van der Waals surface area contributed by atoms with Crippen LogP contribution in [0.25, 0.3) is 0 Å². The Balaban J connectivity index is 1.75. The van der Waals surface area contributed by atoms with Gasteiger partial charge in [0.1, 0.15) is 0 Å². The van der Waals surface area contributed by atoms with E-state index in [2.05, 4.69) is 13.8 Å². The van der Waals surface area contributed by atoms with Gasteiger partial charge in [-0.1, -0.05) is 32.0 Å². The lowest BCUT2D eigenvalue weighted by atomic mass is 9.92. The molecule has 1 saturated heterocycles. The van der Waals surface area contributed by atoms with E-state index in [-0.39, 0.29) is 11.8 Å². The quantitative estimate of drug-likeness (QED) is 0.685. The van der Waals surface area contributed by atoms with Crippen LogP contribution in [0.15, 0.2) is 24.3 Å². The van der Waals surface area contributed by atoms with Gasteiger partial charge in [0.2, 0.25) is 0 Å². The van der Waals surface area contributed by atoms with Crippen molar-refractivity contribution in [2.75, 3.05) is 24.5 Å². The summed E-state index contributed by atoms with van der Waals surface area (Å²) < 4.78 is 0. The van der Waals surface area contributed by atoms with E-state index in [0.29, 0.717) is 31.5 Å². The normalized spacial score (nSPS) is 24.9. The number of fused-ring (bicyclic) bond motifs is 1. The highest BCUT2D eigenvalue weighted by Gasteiger charge is 2.34. The molecule has 2 aliphatic rings. The van der Waals surface area contributed by atoms with Gasteiger partial charge in [0.05, 0.1) is 0 Å². The average Bonchev–Trinajstić information content (AvgIpc) is 2.88. The molecule has 1 aromatic rings. The van der Waals surface area contributed by atoms with Crippen molar-refractivity contribution in [1.82, 2.24) is 4.90 Å². The Bertz CT molecular complexity index is 560. The van der Waals surface area contributed by atoms with Gasteiger partial charge in [0, 0.05) is 25.3 Å². The van der Waals surface area contributed by atoms with Crippen LogP contribution in [-0.2, 0) is 16.0 Å². The van der Waals surface area contributed by atoms with E-state index in [1.807, 2.05) is 24.3 Å². The van der Waals surface area contributed by atoms with Gasteiger partial charge in [-0.05, 0) is 36.3 Å². The molecular weight excluding hydrogens is 264 g/mol. The topological polar surface area (TPSA) is 40.6 Å². The Morgan fingerprint density at radius 1 is 1.05 bits per heavy atom. The first-order valence-electron chi connectivity index (χ1n) is 7.75. The van der Waals surface area contributed by atoms with E-state index in [9.17, 15) is 9.59 Å². The minimum atomic E-state index is -0.374. The molecule has 21 heavy (non-hydrogen) atoms. The van der Waals surface area contributed by atoms with Gasteiger partial charge in [0.15, 0.2) is 0 Å². The van der Waals surface area contributed by atoms with Crippen molar-refractivity contribution in [3.8, 4) is 0 Å². The smallest absolute Gasteiger partial charge is 0.316 e. The fourth-order valence-electron chi connectivity index (χ4n) is 3.63. The Hall–Kier alpha value is -1.84. The molecule has 0 N–H and O–H groups in total. The van der Waals surface area contributed by atoms with Crippen molar-refractivity contribution < 1.29 is 9.59 Å². The monoisotopic (exact) mass is 286 g/mol. The summed E-state index contributed by atoms with van der Waals surface area (Å²) in [5.41, 5.74) is 2.05. The molecule has 0 saturated carbocycles. The summed E-state index contributed by atoms with van der Waals surface area (Å²) >= 11 is 0. The van der Waals surface area contributed by atoms with Crippen LogP contribution in [0.5, 0.6) is 0 Å². The van der Waals surface area contributed by atoms with Crippen molar-refractivity contribution in [3.05, 3.63) is 29.8 Å². The molecule has 112 valence electrons. The van der Waals surface area contributed by atoms with Gasteiger partial charge >= 0.3 is 11.8 Å². The lowest BCUT2D eigenvalue weighted by Crippen LogP contribution is -2.50. The summed E-state index contributed by atoms with van der Waals surface area (Å²) in [5, 5.41) is 0. The number of hydrogen-bond donors (Lipinski definition) is 0. The predicted molar refractivity (Wildman–Crippen MR) is 82.0 cm³/mol. The lowest BCUT2D eigenvalue weighted by Gasteiger charge is -2.35. The summed E-state index contributed by atoms with van der Waals surface area (Å²) in [5.74, 6) is 0.221. The summed E-state index contributed by atoms with van der Waals surface area (Å²) in [6.45, 7) is 6.30. The average molecular weight is 286 g/mol. The van der Waals surface area contributed by atoms with Gasteiger partial charge in [0.25, 0.3) is 0 Å². The number of likely N-dealkylation sites (tertiary alicyclic amines) is 1. The third-order valence-electron chi connectivity index (χ3n) is 4.47. The van der Waals surface area contributed by atoms with E-state index >= 15 is 0 Å². The highest BCUT2D eigenvalue weighted by Crippen LogP contribution is 2.28. The summed E-state index contributed by atoms with van der Waals surface area (Å²) in [7, 11) is 0. The minimum absolute atomic E-state index is 0.342. The minimum Gasteiger partial charge on any atom is -0.334 e. The van der Waals surface area contributed by atoms with Crippen molar-refractivity contribution >= 4 is 17.5 Å². The standard InChI is InChI=1S/C17H22N2O2/c1-12-9-13(2)11-18(10-12)16(20)17(21)19-8-7-14-5-3-4-6-15(14)19/h3-6,12-13H,7-11H2,1-2H3. The largest absolute Gasteiger partial charge is 0.334 e. The molecule has 0 spiro atoms. The van der Waals surface area contributed by atoms with E-state index in [4.69, 9.17) is 0 Å². The van der Waals surface area contributed by atoms with Crippen molar-refractivity contribution in [1.29, 1.82) is 0 Å². The van der Waals surface area contributed by atoms with Gasteiger partial charge in [-0.25, -0.2) is 0 Å². The highest BCUT2D eigenvalue weighted by atomic mass is 16.2. The van der Waals surface area contributed by atoms with Crippen LogP contribution in [0, 0.1) is 11.8 Å². The fourth-order valence-corrected chi connectivity index (χ4v) is 3.63. The van der Waals surface area contributed by atoms with Crippen LogP contribution in [0.1, 0.15) is 25.8 Å². The van der Waals surface area contributed by atoms with E-state index in [1.54, 1.807) is 9.80 Å². The van der Waals surface area contributed by atoms with Crippen LogP contribution < -0.4 is 4.90 Å². The Labute approximate surface area is 125 Å². The zero-order valence-electron chi connectivity index (χ0n) is 12.7. The number of piperidine rings is 1. The SMILES string of the molecule is CC1CC(C)CN(C(=O)C(=O)N2CCc3ccccc32)C1. The Kier molecular flexibility index (Phi) is 3.70. The molecule has 4 heteroatoms. The molecule has 1 fully saturated rings. The molecule has 0 aliphatic carbocycles. The Morgan fingerprint density at radius 3 is 2.43 bits per heavy atom. The highest BCUT2D eigenvalue weighted by molar-refractivity contribution is 6.40. The van der Waals surface area contributed by atoms with Crippen LogP contribution >= 0.6 is 0 Å². The molecule has 0 radical (unpaired) electrons. The molecular formula is C17H22N2O2. The number of carbonyl (C=O) groups excluding carboxylic acids is 2. The molecule has 4 nitrogen and oxygen atoms in total. The first-order valence-corrected chi connectivity index (χ1v) is 7.75. The fraction of sp³-hybridized carbons (Fsp3) is 0.529. The maximum absolute atomic E-state index is 12.6. The summed E-state index contributed by atoms with van der Waals surface area (Å²) in [6, 6.07) is 7.84. The molecule has 0 bridgehead atoms. The summed E-state index contributed by atoms with van der Waals surface area (Å²) in [6.07, 6.45) is 1.96. The first-order chi connectivity index (χ1) is 10.1. The second kappa shape index (κ2) is 5.51. The number of carbonyl (C=O) groups is 2. The van der Waals surface area contributed by atoms with Crippen molar-refractivity contribution in [2.24, 2.45) is 11.8 Å². The van der Waals surface area contributed by atoms with Gasteiger partial charge in [-0.2, -0.15) is 0 Å². The molecule has 0 aromatic heterocycles. The molecule has 3 rings (SSSR count). The van der Waals surface area contributed by atoms with Gasteiger partial charge in [-0.3, -0.25) is 9.59 Å². The Morgan fingerprint density at radius 2 is 1.71 bits per heavy atom. The molecule has 2 aliphatic heterocycles. The van der Waals surface area contributed by atoms with Crippen molar-refractivity contribution in [3.63, 3.8) is 0 Å². The maximum Gasteiger partial charge on any atom is 0.316 e. The number of nitrogens with zero attached hydrogens (tertiary/aromatic N) is 2. The number of amides is 2. The number of rotatable bonds is 0. The van der Waals surface area contributed by atoms with Crippen LogP contribution in [0.4, 0.5) is 5.69 Å². The lowest BCUT2D eigenvalue weighted by molar-refractivity contribution is -0.146. The number of hydrogen-bond acceptors (Lipinski definition) is 2. The van der Waals surface area contributed by atoms with Crippen LogP contribution in [0.3, 0.4) is 0 Å². The number of anilines is 1. The van der Waals surface area contributed by atoms with E-state index < -0.39 is 0 Å². The molecule has 2 amide bonds. The van der Waals surface area contributed by atoms with Gasteiger partial charge in [-0.15, -0.1) is 0 Å². The van der Waals surface area contributed by atoms with Crippen LogP contribution in [-0.4, -0.2) is 36.3 Å². The van der Waals surface area contributed by atoms with Crippen LogP contribution in [0.2, 0.25) is 0 Å². The summed E-state index contributed by atoms with van der Waals surface area (Å²) in [4.78, 5) is 28.5. The number of para-hydroxylation sites is 1. The first kappa shape index (κ1) is 14.1.